The zero-order valence-electron chi connectivity index (χ0n) is 15.6. The van der Waals surface area contributed by atoms with Gasteiger partial charge in [-0.25, -0.2) is 4.98 Å². The first kappa shape index (κ1) is 17.2. The van der Waals surface area contributed by atoms with Crippen LogP contribution in [0.5, 0.6) is 0 Å². The molecule has 0 aliphatic carbocycles. The second kappa shape index (κ2) is 7.19. The number of fused-ring (bicyclic) bond motifs is 1. The number of thiophene rings is 1. The smallest absolute Gasteiger partial charge is 0.126 e. The fraction of sp³-hybridized carbons (Fsp3) is 0.632. The average Bonchev–Trinajstić information content (AvgIpc) is 3.19. The zero-order chi connectivity index (χ0) is 17.4. The van der Waals surface area contributed by atoms with Gasteiger partial charge in [0.1, 0.15) is 5.82 Å². The summed E-state index contributed by atoms with van der Waals surface area (Å²) in [5.74, 6) is 1.24. The van der Waals surface area contributed by atoms with Crippen LogP contribution in [0.3, 0.4) is 0 Å². The predicted molar refractivity (Wildman–Crippen MR) is 103 cm³/mol. The van der Waals surface area contributed by atoms with Crippen LogP contribution >= 0.6 is 11.3 Å². The average molecular weight is 360 g/mol. The number of imidazole rings is 1. The van der Waals surface area contributed by atoms with Crippen molar-refractivity contribution in [2.75, 3.05) is 39.8 Å². The van der Waals surface area contributed by atoms with E-state index in [0.717, 1.165) is 39.3 Å². The Bertz CT molecular complexity index is 713. The standard InChI is InChI=1S/C19H29N5S/c1-15-4-5-18(25-15)14-23-10-11-24-17(12-20-19(24)16(23)2)13-22-8-6-21(3)7-9-22/h4-5,12,16H,6-11,13-14H2,1-3H3/t16-/m1/s1. The van der Waals surface area contributed by atoms with Crippen molar-refractivity contribution in [1.29, 1.82) is 0 Å². The minimum Gasteiger partial charge on any atom is -0.328 e. The number of rotatable bonds is 4. The lowest BCUT2D eigenvalue weighted by Crippen LogP contribution is -2.44. The van der Waals surface area contributed by atoms with Crippen LogP contribution < -0.4 is 0 Å². The van der Waals surface area contributed by atoms with Crippen molar-refractivity contribution in [3.8, 4) is 0 Å². The Balaban J connectivity index is 1.43. The molecule has 6 heteroatoms. The maximum atomic E-state index is 4.80. The minimum atomic E-state index is 0.386. The van der Waals surface area contributed by atoms with Crippen molar-refractivity contribution < 1.29 is 0 Å². The highest BCUT2D eigenvalue weighted by molar-refractivity contribution is 7.11. The Hall–Kier alpha value is -1.21. The van der Waals surface area contributed by atoms with Crippen LogP contribution in [0.1, 0.15) is 34.2 Å². The normalized spacial score (nSPS) is 23.1. The van der Waals surface area contributed by atoms with E-state index in [0.29, 0.717) is 6.04 Å². The molecule has 4 heterocycles. The summed E-state index contributed by atoms with van der Waals surface area (Å²) < 4.78 is 2.47. The van der Waals surface area contributed by atoms with E-state index < -0.39 is 0 Å². The van der Waals surface area contributed by atoms with Gasteiger partial charge in [0.25, 0.3) is 0 Å². The van der Waals surface area contributed by atoms with E-state index in [1.807, 2.05) is 11.3 Å². The minimum absolute atomic E-state index is 0.386. The lowest BCUT2D eigenvalue weighted by molar-refractivity contribution is 0.137. The van der Waals surface area contributed by atoms with Crippen LogP contribution in [-0.4, -0.2) is 64.0 Å². The van der Waals surface area contributed by atoms with Crippen LogP contribution in [0.15, 0.2) is 18.3 Å². The number of piperazine rings is 1. The third-order valence-corrected chi connectivity index (χ3v) is 6.62. The molecule has 5 nitrogen and oxygen atoms in total. The van der Waals surface area contributed by atoms with E-state index in [-0.39, 0.29) is 0 Å². The molecular weight excluding hydrogens is 330 g/mol. The van der Waals surface area contributed by atoms with Gasteiger partial charge in [0.05, 0.1) is 11.7 Å². The molecule has 25 heavy (non-hydrogen) atoms. The number of hydrogen-bond donors (Lipinski definition) is 0. The first-order chi connectivity index (χ1) is 12.1. The molecule has 0 N–H and O–H groups in total. The van der Waals surface area contributed by atoms with E-state index in [4.69, 9.17) is 4.98 Å². The maximum absolute atomic E-state index is 4.80. The number of aryl methyl sites for hydroxylation is 1. The molecule has 1 fully saturated rings. The molecule has 2 aromatic rings. The fourth-order valence-electron chi connectivity index (χ4n) is 3.95. The van der Waals surface area contributed by atoms with Crippen LogP contribution in [0.4, 0.5) is 0 Å². The summed E-state index contributed by atoms with van der Waals surface area (Å²) in [6, 6.07) is 4.88. The summed E-state index contributed by atoms with van der Waals surface area (Å²) in [6.45, 7) is 13.4. The van der Waals surface area contributed by atoms with E-state index >= 15 is 0 Å². The van der Waals surface area contributed by atoms with Crippen molar-refractivity contribution in [2.24, 2.45) is 0 Å². The third-order valence-electron chi connectivity index (χ3n) is 5.64. The molecule has 4 rings (SSSR count). The maximum Gasteiger partial charge on any atom is 0.126 e. The van der Waals surface area contributed by atoms with Crippen LogP contribution in [0.25, 0.3) is 0 Å². The van der Waals surface area contributed by atoms with Gasteiger partial charge in [0.15, 0.2) is 0 Å². The van der Waals surface area contributed by atoms with Gasteiger partial charge in [0, 0.05) is 68.3 Å². The molecule has 0 unspecified atom stereocenters. The van der Waals surface area contributed by atoms with Gasteiger partial charge < -0.3 is 9.47 Å². The molecule has 0 radical (unpaired) electrons. The SMILES string of the molecule is Cc1ccc(CN2CCn3c(CN4CCN(C)CC4)cnc3[C@H]2C)s1. The van der Waals surface area contributed by atoms with E-state index in [1.165, 1.54) is 34.4 Å². The second-order valence-electron chi connectivity index (χ2n) is 7.50. The molecule has 0 aromatic carbocycles. The summed E-state index contributed by atoms with van der Waals surface area (Å²) >= 11 is 1.91. The Morgan fingerprint density at radius 2 is 1.88 bits per heavy atom. The lowest BCUT2D eigenvalue weighted by Gasteiger charge is -2.35. The highest BCUT2D eigenvalue weighted by atomic mass is 32.1. The first-order valence-electron chi connectivity index (χ1n) is 9.34. The van der Waals surface area contributed by atoms with Crippen LogP contribution in [0, 0.1) is 6.92 Å². The molecule has 0 amide bonds. The Labute approximate surface area is 154 Å². The summed E-state index contributed by atoms with van der Waals surface area (Å²) in [5, 5.41) is 0. The molecule has 0 bridgehead atoms. The molecule has 2 aliphatic heterocycles. The summed E-state index contributed by atoms with van der Waals surface area (Å²) in [6.07, 6.45) is 2.11. The van der Waals surface area contributed by atoms with E-state index in [9.17, 15) is 0 Å². The Morgan fingerprint density at radius 3 is 2.60 bits per heavy atom. The van der Waals surface area contributed by atoms with Gasteiger partial charge in [-0.1, -0.05) is 0 Å². The van der Waals surface area contributed by atoms with Gasteiger partial charge in [-0.2, -0.15) is 0 Å². The Morgan fingerprint density at radius 1 is 1.08 bits per heavy atom. The molecule has 1 atom stereocenters. The van der Waals surface area contributed by atoms with E-state index in [1.54, 1.807) is 0 Å². The molecule has 2 aliphatic rings. The number of aromatic nitrogens is 2. The van der Waals surface area contributed by atoms with Crippen molar-refractivity contribution in [2.45, 2.75) is 39.5 Å². The van der Waals surface area contributed by atoms with Crippen molar-refractivity contribution >= 4 is 11.3 Å². The third kappa shape index (κ3) is 3.67. The van der Waals surface area contributed by atoms with Gasteiger partial charge in [-0.15, -0.1) is 11.3 Å². The van der Waals surface area contributed by atoms with Gasteiger partial charge in [0.2, 0.25) is 0 Å². The van der Waals surface area contributed by atoms with Crippen LogP contribution in [-0.2, 0) is 19.6 Å². The number of hydrogen-bond acceptors (Lipinski definition) is 5. The predicted octanol–water partition coefficient (Wildman–Crippen LogP) is 2.58. The summed E-state index contributed by atoms with van der Waals surface area (Å²) in [5.41, 5.74) is 1.39. The zero-order valence-corrected chi connectivity index (χ0v) is 16.4. The van der Waals surface area contributed by atoms with E-state index in [2.05, 4.69) is 58.5 Å². The number of likely N-dealkylation sites (N-methyl/N-ethyl adjacent to an activating group) is 1. The molecular formula is C19H29N5S. The van der Waals surface area contributed by atoms with Crippen molar-refractivity contribution in [1.82, 2.24) is 24.3 Å². The van der Waals surface area contributed by atoms with Crippen molar-refractivity contribution in [3.63, 3.8) is 0 Å². The topological polar surface area (TPSA) is 27.5 Å². The molecule has 0 saturated carbocycles. The quantitative estimate of drug-likeness (QED) is 0.839. The van der Waals surface area contributed by atoms with Crippen LogP contribution in [0.2, 0.25) is 0 Å². The summed E-state index contributed by atoms with van der Waals surface area (Å²) in [4.78, 5) is 15.2. The Kier molecular flexibility index (Phi) is 4.95. The summed E-state index contributed by atoms with van der Waals surface area (Å²) in [7, 11) is 2.21. The highest BCUT2D eigenvalue weighted by Crippen LogP contribution is 2.29. The number of nitrogens with zero attached hydrogens (tertiary/aromatic N) is 5. The molecule has 136 valence electrons. The van der Waals surface area contributed by atoms with Gasteiger partial charge in [-0.3, -0.25) is 9.80 Å². The monoisotopic (exact) mass is 359 g/mol. The van der Waals surface area contributed by atoms with Gasteiger partial charge >= 0.3 is 0 Å². The first-order valence-corrected chi connectivity index (χ1v) is 10.2. The van der Waals surface area contributed by atoms with Gasteiger partial charge in [-0.05, 0) is 33.0 Å². The molecule has 0 spiro atoms. The van der Waals surface area contributed by atoms with Crippen molar-refractivity contribution in [3.05, 3.63) is 39.6 Å². The molecule has 1 saturated heterocycles. The lowest BCUT2D eigenvalue weighted by atomic mass is 10.2. The molecule has 2 aromatic heterocycles. The largest absolute Gasteiger partial charge is 0.328 e. The highest BCUT2D eigenvalue weighted by Gasteiger charge is 2.28. The second-order valence-corrected chi connectivity index (χ2v) is 8.87. The fourth-order valence-corrected chi connectivity index (χ4v) is 4.87.